The van der Waals surface area contributed by atoms with E-state index in [4.69, 9.17) is 14.2 Å². The molecule has 1 aliphatic rings. The third-order valence-corrected chi connectivity index (χ3v) is 4.13. The first-order chi connectivity index (χ1) is 8.93. The van der Waals surface area contributed by atoms with Crippen LogP contribution in [-0.4, -0.2) is 41.9 Å². The van der Waals surface area contributed by atoms with Gasteiger partial charge in [-0.25, -0.2) is 0 Å². The van der Waals surface area contributed by atoms with Crippen LogP contribution < -0.4 is 0 Å². The van der Waals surface area contributed by atoms with E-state index in [2.05, 4.69) is 13.8 Å². The van der Waals surface area contributed by atoms with Crippen LogP contribution >= 0.6 is 11.8 Å². The molecule has 1 rings (SSSR count). The van der Waals surface area contributed by atoms with Crippen molar-refractivity contribution in [3.8, 4) is 0 Å². The lowest BCUT2D eigenvalue weighted by molar-refractivity contribution is -0.178. The number of hydrogen-bond acceptors (Lipinski definition) is 6. The van der Waals surface area contributed by atoms with Gasteiger partial charge in [0.25, 0.3) is 0 Å². The van der Waals surface area contributed by atoms with Crippen molar-refractivity contribution in [1.29, 1.82) is 0 Å². The lowest BCUT2D eigenvalue weighted by Crippen LogP contribution is -2.46. The van der Waals surface area contributed by atoms with Gasteiger partial charge in [-0.15, -0.1) is 11.8 Å². The normalized spacial score (nSPS) is 30.7. The first-order valence-electron chi connectivity index (χ1n) is 6.51. The lowest BCUT2D eigenvalue weighted by Gasteiger charge is -2.39. The van der Waals surface area contributed by atoms with E-state index in [1.807, 2.05) is 0 Å². The SMILES string of the molecule is CCSC1OC(COC(C)=O)[C@H](OC(C)=O)C[C@H]1C. The molecule has 19 heavy (non-hydrogen) atoms. The summed E-state index contributed by atoms with van der Waals surface area (Å²) in [6, 6.07) is 0. The van der Waals surface area contributed by atoms with Crippen molar-refractivity contribution in [3.63, 3.8) is 0 Å². The van der Waals surface area contributed by atoms with E-state index in [0.717, 1.165) is 12.2 Å². The molecular formula is C13H22O5S. The Bertz CT molecular complexity index is 320. The Hall–Kier alpha value is -0.750. The molecule has 0 aliphatic carbocycles. The predicted octanol–water partition coefficient (Wildman–Crippen LogP) is 1.99. The smallest absolute Gasteiger partial charge is 0.302 e. The number of hydrogen-bond donors (Lipinski definition) is 0. The van der Waals surface area contributed by atoms with Crippen LogP contribution in [0.15, 0.2) is 0 Å². The van der Waals surface area contributed by atoms with Crippen LogP contribution in [0.25, 0.3) is 0 Å². The van der Waals surface area contributed by atoms with Gasteiger partial charge in [0.15, 0.2) is 0 Å². The maximum atomic E-state index is 11.1. The average Bonchev–Trinajstić information content (AvgIpc) is 2.30. The first-order valence-corrected chi connectivity index (χ1v) is 7.56. The van der Waals surface area contributed by atoms with Gasteiger partial charge in [-0.1, -0.05) is 13.8 Å². The van der Waals surface area contributed by atoms with Gasteiger partial charge in [0.2, 0.25) is 0 Å². The third kappa shape index (κ3) is 5.40. The Morgan fingerprint density at radius 2 is 2.00 bits per heavy atom. The Morgan fingerprint density at radius 1 is 1.32 bits per heavy atom. The maximum Gasteiger partial charge on any atom is 0.302 e. The molecule has 110 valence electrons. The molecular weight excluding hydrogens is 268 g/mol. The molecule has 0 aromatic heterocycles. The summed E-state index contributed by atoms with van der Waals surface area (Å²) in [7, 11) is 0. The predicted molar refractivity (Wildman–Crippen MR) is 72.8 cm³/mol. The van der Waals surface area contributed by atoms with Crippen LogP contribution in [0, 0.1) is 5.92 Å². The summed E-state index contributed by atoms with van der Waals surface area (Å²) in [5.74, 6) is 0.551. The monoisotopic (exact) mass is 290 g/mol. The Balaban J connectivity index is 2.66. The highest BCUT2D eigenvalue weighted by Gasteiger charge is 2.38. The second kappa shape index (κ2) is 7.75. The van der Waals surface area contributed by atoms with Crippen LogP contribution in [0.1, 0.15) is 34.1 Å². The highest BCUT2D eigenvalue weighted by atomic mass is 32.2. The Labute approximate surface area is 118 Å². The molecule has 4 atom stereocenters. The van der Waals surface area contributed by atoms with Gasteiger partial charge in [-0.3, -0.25) is 9.59 Å². The summed E-state index contributed by atoms with van der Waals surface area (Å²) in [6.07, 6.45) is -0.00277. The van der Waals surface area contributed by atoms with Crippen molar-refractivity contribution < 1.29 is 23.8 Å². The van der Waals surface area contributed by atoms with Crippen molar-refractivity contribution in [1.82, 2.24) is 0 Å². The minimum Gasteiger partial charge on any atom is -0.463 e. The molecule has 0 aromatic rings. The van der Waals surface area contributed by atoms with Gasteiger partial charge in [0, 0.05) is 13.8 Å². The average molecular weight is 290 g/mol. The molecule has 0 spiro atoms. The fourth-order valence-electron chi connectivity index (χ4n) is 2.07. The highest BCUT2D eigenvalue weighted by molar-refractivity contribution is 7.99. The highest BCUT2D eigenvalue weighted by Crippen LogP contribution is 2.33. The van der Waals surface area contributed by atoms with E-state index in [-0.39, 0.29) is 36.2 Å². The van der Waals surface area contributed by atoms with E-state index >= 15 is 0 Å². The van der Waals surface area contributed by atoms with Gasteiger partial charge in [-0.05, 0) is 18.1 Å². The summed E-state index contributed by atoms with van der Waals surface area (Å²) in [5, 5.41) is 0. The molecule has 0 N–H and O–H groups in total. The van der Waals surface area contributed by atoms with Crippen LogP contribution in [0.2, 0.25) is 0 Å². The fourth-order valence-corrected chi connectivity index (χ4v) is 3.06. The molecule has 0 aromatic carbocycles. The Kier molecular flexibility index (Phi) is 6.65. The zero-order valence-electron chi connectivity index (χ0n) is 11.9. The number of carbonyl (C=O) groups excluding carboxylic acids is 2. The van der Waals surface area contributed by atoms with Crippen molar-refractivity contribution in [3.05, 3.63) is 0 Å². The summed E-state index contributed by atoms with van der Waals surface area (Å²) < 4.78 is 16.2. The molecule has 0 saturated carbocycles. The summed E-state index contributed by atoms with van der Waals surface area (Å²) in [6.45, 7) is 7.00. The molecule has 5 nitrogen and oxygen atoms in total. The molecule has 6 heteroatoms. The van der Waals surface area contributed by atoms with Crippen LogP contribution in [-0.2, 0) is 23.8 Å². The van der Waals surface area contributed by atoms with Crippen molar-refractivity contribution in [2.75, 3.05) is 12.4 Å². The van der Waals surface area contributed by atoms with Crippen LogP contribution in [0.4, 0.5) is 0 Å². The molecule has 1 fully saturated rings. The van der Waals surface area contributed by atoms with E-state index in [1.54, 1.807) is 11.8 Å². The van der Waals surface area contributed by atoms with Crippen LogP contribution in [0.3, 0.4) is 0 Å². The number of esters is 2. The summed E-state index contributed by atoms with van der Waals surface area (Å²) in [5.41, 5.74) is 0.0531. The van der Waals surface area contributed by atoms with Crippen molar-refractivity contribution in [2.45, 2.75) is 51.8 Å². The number of rotatable bonds is 5. The fraction of sp³-hybridized carbons (Fsp3) is 0.846. The number of ether oxygens (including phenoxy) is 3. The van der Waals surface area contributed by atoms with E-state index < -0.39 is 0 Å². The Morgan fingerprint density at radius 3 is 2.53 bits per heavy atom. The molecule has 1 saturated heterocycles. The second-order valence-electron chi connectivity index (χ2n) is 4.66. The zero-order valence-corrected chi connectivity index (χ0v) is 12.7. The summed E-state index contributed by atoms with van der Waals surface area (Å²) in [4.78, 5) is 22.0. The van der Waals surface area contributed by atoms with Crippen molar-refractivity contribution in [2.24, 2.45) is 5.92 Å². The van der Waals surface area contributed by atoms with E-state index in [9.17, 15) is 9.59 Å². The molecule has 1 heterocycles. The molecule has 0 bridgehead atoms. The van der Waals surface area contributed by atoms with E-state index in [0.29, 0.717) is 5.92 Å². The van der Waals surface area contributed by atoms with Gasteiger partial charge in [0.1, 0.15) is 24.3 Å². The van der Waals surface area contributed by atoms with Gasteiger partial charge >= 0.3 is 11.9 Å². The lowest BCUT2D eigenvalue weighted by atomic mass is 9.97. The summed E-state index contributed by atoms with van der Waals surface area (Å²) >= 11 is 1.72. The number of thioether (sulfide) groups is 1. The molecule has 0 amide bonds. The van der Waals surface area contributed by atoms with Gasteiger partial charge in [0.05, 0.1) is 0 Å². The molecule has 0 radical (unpaired) electrons. The standard InChI is InChI=1S/C13H22O5S/c1-5-19-13-8(2)6-11(17-10(4)15)12(18-13)7-16-9(3)14/h8,11-13H,5-7H2,1-4H3/t8-,11-,12?,13?/m1/s1. The largest absolute Gasteiger partial charge is 0.463 e. The van der Waals surface area contributed by atoms with Gasteiger partial charge in [-0.2, -0.15) is 0 Å². The van der Waals surface area contributed by atoms with Gasteiger partial charge < -0.3 is 14.2 Å². The minimum absolute atomic E-state index is 0.0531. The molecule has 1 aliphatic heterocycles. The number of carbonyl (C=O) groups is 2. The quantitative estimate of drug-likeness (QED) is 0.722. The van der Waals surface area contributed by atoms with Crippen LogP contribution in [0.5, 0.6) is 0 Å². The van der Waals surface area contributed by atoms with E-state index in [1.165, 1.54) is 13.8 Å². The molecule has 2 unspecified atom stereocenters. The third-order valence-electron chi connectivity index (χ3n) is 2.89. The van der Waals surface area contributed by atoms with Crippen molar-refractivity contribution >= 4 is 23.7 Å². The maximum absolute atomic E-state index is 11.1. The minimum atomic E-state index is -0.381. The zero-order chi connectivity index (χ0) is 14.4. The first kappa shape index (κ1) is 16.3. The second-order valence-corrected chi connectivity index (χ2v) is 6.04. The topological polar surface area (TPSA) is 61.8 Å².